The van der Waals surface area contributed by atoms with Gasteiger partial charge in [0.1, 0.15) is 5.75 Å². The van der Waals surface area contributed by atoms with Gasteiger partial charge in [-0.25, -0.2) is 4.68 Å². The summed E-state index contributed by atoms with van der Waals surface area (Å²) in [6.45, 7) is 3.08. The van der Waals surface area contributed by atoms with Gasteiger partial charge >= 0.3 is 0 Å². The van der Waals surface area contributed by atoms with Crippen molar-refractivity contribution in [2.45, 2.75) is 38.3 Å². The molecule has 2 aromatic carbocycles. The molecule has 1 saturated heterocycles. The van der Waals surface area contributed by atoms with E-state index in [1.807, 2.05) is 41.2 Å². The summed E-state index contributed by atoms with van der Waals surface area (Å²) in [6.07, 6.45) is 5.17. The highest BCUT2D eigenvalue weighted by molar-refractivity contribution is 5.98. The number of rotatable bonds is 5. The molecule has 2 aliphatic heterocycles. The van der Waals surface area contributed by atoms with Gasteiger partial charge < -0.3 is 14.6 Å². The van der Waals surface area contributed by atoms with Gasteiger partial charge in [0.25, 0.3) is 5.91 Å². The van der Waals surface area contributed by atoms with Crippen LogP contribution in [0.2, 0.25) is 0 Å². The van der Waals surface area contributed by atoms with Crippen molar-refractivity contribution in [1.82, 2.24) is 14.7 Å². The Labute approximate surface area is 187 Å². The third-order valence-electron chi connectivity index (χ3n) is 6.32. The van der Waals surface area contributed by atoms with Crippen LogP contribution in [-0.4, -0.2) is 57.8 Å². The van der Waals surface area contributed by atoms with Crippen molar-refractivity contribution in [1.29, 1.82) is 0 Å². The minimum absolute atomic E-state index is 0.112. The molecule has 1 aromatic heterocycles. The first-order valence-electron chi connectivity index (χ1n) is 11.1. The molecule has 1 amide bonds. The van der Waals surface area contributed by atoms with E-state index in [1.165, 1.54) is 5.56 Å². The molecule has 0 radical (unpaired) electrons. The molecule has 7 nitrogen and oxygen atoms in total. The molecule has 0 spiro atoms. The summed E-state index contributed by atoms with van der Waals surface area (Å²) in [4.78, 5) is 14.9. The van der Waals surface area contributed by atoms with E-state index >= 15 is 0 Å². The lowest BCUT2D eigenvalue weighted by molar-refractivity contribution is -0.0696. The smallest absolute Gasteiger partial charge is 0.260 e. The van der Waals surface area contributed by atoms with Crippen LogP contribution in [0, 0.1) is 0 Å². The number of hydrogen-bond acceptors (Lipinski definition) is 5. The zero-order valence-corrected chi connectivity index (χ0v) is 18.1. The number of benzene rings is 2. The molecule has 0 saturated carbocycles. The molecule has 166 valence electrons. The quantitative estimate of drug-likeness (QED) is 0.670. The molecule has 0 aliphatic carbocycles. The molecule has 1 unspecified atom stereocenters. The van der Waals surface area contributed by atoms with E-state index in [-0.39, 0.29) is 18.7 Å². The third kappa shape index (κ3) is 3.89. The van der Waals surface area contributed by atoms with Gasteiger partial charge in [0.2, 0.25) is 0 Å². The Balaban J connectivity index is 1.41. The molecule has 1 N–H and O–H groups in total. The van der Waals surface area contributed by atoms with Crippen molar-refractivity contribution in [2.75, 3.05) is 19.9 Å². The van der Waals surface area contributed by atoms with Crippen LogP contribution in [0.5, 0.6) is 5.75 Å². The molecule has 1 fully saturated rings. The van der Waals surface area contributed by atoms with Gasteiger partial charge in [-0.1, -0.05) is 19.1 Å². The first-order valence-corrected chi connectivity index (χ1v) is 11.1. The first kappa shape index (κ1) is 20.7. The van der Waals surface area contributed by atoms with Gasteiger partial charge in [0.15, 0.2) is 6.73 Å². The number of carbonyl (C=O) groups is 1. The summed E-state index contributed by atoms with van der Waals surface area (Å²) in [5.74, 6) is 0.505. The van der Waals surface area contributed by atoms with E-state index < -0.39 is 6.10 Å². The summed E-state index contributed by atoms with van der Waals surface area (Å²) in [6, 6.07) is 13.8. The highest BCUT2D eigenvalue weighted by atomic mass is 16.5. The Kier molecular flexibility index (Phi) is 5.68. The third-order valence-corrected chi connectivity index (χ3v) is 6.32. The molecule has 2 aliphatic rings. The Hall–Kier alpha value is -3.16. The van der Waals surface area contributed by atoms with Gasteiger partial charge in [-0.05, 0) is 66.3 Å². The molecule has 7 heteroatoms. The maximum Gasteiger partial charge on any atom is 0.260 e. The minimum atomic E-state index is -0.597. The monoisotopic (exact) mass is 433 g/mol. The van der Waals surface area contributed by atoms with Crippen LogP contribution in [0.25, 0.3) is 5.69 Å². The van der Waals surface area contributed by atoms with E-state index in [1.54, 1.807) is 11.1 Å². The molecular weight excluding hydrogens is 406 g/mol. The van der Waals surface area contributed by atoms with Crippen LogP contribution in [0.1, 0.15) is 40.4 Å². The number of aromatic nitrogens is 2. The number of ether oxygens (including phenoxy) is 2. The SMILES string of the molecule is CCc1cc2c(cc1Cc1ccc(-n3cccn3)cc1)C(=O)N(C1COCC[C@@H]1O)CO2. The predicted molar refractivity (Wildman–Crippen MR) is 119 cm³/mol. The summed E-state index contributed by atoms with van der Waals surface area (Å²) >= 11 is 0. The van der Waals surface area contributed by atoms with Crippen molar-refractivity contribution in [3.8, 4) is 11.4 Å². The van der Waals surface area contributed by atoms with Crippen molar-refractivity contribution >= 4 is 5.91 Å². The van der Waals surface area contributed by atoms with E-state index in [0.717, 1.165) is 29.7 Å². The molecular formula is C25H27N3O4. The number of amides is 1. The fourth-order valence-corrected chi connectivity index (χ4v) is 4.46. The Morgan fingerprint density at radius 3 is 2.75 bits per heavy atom. The van der Waals surface area contributed by atoms with Crippen LogP contribution in [0.4, 0.5) is 0 Å². The van der Waals surface area contributed by atoms with Crippen LogP contribution < -0.4 is 4.74 Å². The standard InChI is InChI=1S/C25H27N3O4/c1-2-18-14-24-21(25(30)27(16-32-24)22-15-31-11-8-23(22)29)13-19(18)12-17-4-6-20(7-5-17)28-10-3-9-26-28/h3-7,9-10,13-14,22-23,29H,2,8,11-12,15-16H2,1H3/t22?,23-/m0/s1. The van der Waals surface area contributed by atoms with Gasteiger partial charge in [-0.15, -0.1) is 0 Å². The Morgan fingerprint density at radius 1 is 1.19 bits per heavy atom. The van der Waals surface area contributed by atoms with Gasteiger partial charge in [-0.2, -0.15) is 5.10 Å². The summed E-state index contributed by atoms with van der Waals surface area (Å²) in [5, 5.41) is 14.6. The maximum absolute atomic E-state index is 13.3. The van der Waals surface area contributed by atoms with E-state index in [2.05, 4.69) is 24.2 Å². The number of fused-ring (bicyclic) bond motifs is 1. The second-order valence-corrected chi connectivity index (χ2v) is 8.31. The number of carbonyl (C=O) groups excluding carboxylic acids is 1. The first-order chi connectivity index (χ1) is 15.6. The number of hydrogen-bond donors (Lipinski definition) is 1. The number of aliphatic hydroxyl groups is 1. The highest BCUT2D eigenvalue weighted by Crippen LogP contribution is 2.32. The second-order valence-electron chi connectivity index (χ2n) is 8.31. The largest absolute Gasteiger partial charge is 0.472 e. The molecule has 32 heavy (non-hydrogen) atoms. The minimum Gasteiger partial charge on any atom is -0.472 e. The summed E-state index contributed by atoms with van der Waals surface area (Å²) in [5.41, 5.74) is 4.99. The zero-order chi connectivity index (χ0) is 22.1. The van der Waals surface area contributed by atoms with E-state index in [9.17, 15) is 9.90 Å². The molecule has 3 aromatic rings. The normalized spacial score (nSPS) is 20.7. The lowest BCUT2D eigenvalue weighted by Gasteiger charge is -2.39. The van der Waals surface area contributed by atoms with Gasteiger partial charge in [-0.3, -0.25) is 9.69 Å². The Morgan fingerprint density at radius 2 is 2.03 bits per heavy atom. The van der Waals surface area contributed by atoms with Crippen molar-refractivity contribution in [3.05, 3.63) is 77.1 Å². The van der Waals surface area contributed by atoms with Crippen molar-refractivity contribution in [2.24, 2.45) is 0 Å². The van der Waals surface area contributed by atoms with Gasteiger partial charge in [0, 0.05) is 19.0 Å². The number of aryl methyl sites for hydroxylation is 1. The predicted octanol–water partition coefficient (Wildman–Crippen LogP) is 2.97. The average Bonchev–Trinajstić information content (AvgIpc) is 3.35. The molecule has 3 heterocycles. The van der Waals surface area contributed by atoms with E-state index in [4.69, 9.17) is 9.47 Å². The average molecular weight is 434 g/mol. The zero-order valence-electron chi connectivity index (χ0n) is 18.1. The highest BCUT2D eigenvalue weighted by Gasteiger charge is 2.37. The summed E-state index contributed by atoms with van der Waals surface area (Å²) < 4.78 is 13.3. The molecule has 0 bridgehead atoms. The fraction of sp³-hybridized carbons (Fsp3) is 0.360. The lowest BCUT2D eigenvalue weighted by Crippen LogP contribution is -2.54. The van der Waals surface area contributed by atoms with Crippen molar-refractivity contribution < 1.29 is 19.4 Å². The Bertz CT molecular complexity index is 1100. The lowest BCUT2D eigenvalue weighted by atomic mass is 9.94. The number of nitrogens with zero attached hydrogens (tertiary/aromatic N) is 3. The van der Waals surface area contributed by atoms with Crippen LogP contribution in [-0.2, 0) is 17.6 Å². The second kappa shape index (κ2) is 8.76. The van der Waals surface area contributed by atoms with Crippen LogP contribution >= 0.6 is 0 Å². The number of aliphatic hydroxyl groups excluding tert-OH is 1. The van der Waals surface area contributed by atoms with Gasteiger partial charge in [0.05, 0.1) is 30.0 Å². The fourth-order valence-electron chi connectivity index (χ4n) is 4.46. The summed E-state index contributed by atoms with van der Waals surface area (Å²) in [7, 11) is 0. The van der Waals surface area contributed by atoms with Crippen molar-refractivity contribution in [3.63, 3.8) is 0 Å². The molecule has 2 atom stereocenters. The van der Waals surface area contributed by atoms with Crippen LogP contribution in [0.3, 0.4) is 0 Å². The topological polar surface area (TPSA) is 76.8 Å². The molecule has 5 rings (SSSR count). The maximum atomic E-state index is 13.3. The van der Waals surface area contributed by atoms with Crippen LogP contribution in [0.15, 0.2) is 54.9 Å². The van der Waals surface area contributed by atoms with E-state index in [0.29, 0.717) is 30.9 Å².